The van der Waals surface area contributed by atoms with E-state index in [2.05, 4.69) is 15.5 Å². The predicted molar refractivity (Wildman–Crippen MR) is 60.1 cm³/mol. The van der Waals surface area contributed by atoms with Gasteiger partial charge >= 0.3 is 0 Å². The Bertz CT molecular complexity index is 438. The molecule has 2 aliphatic rings. The summed E-state index contributed by atoms with van der Waals surface area (Å²) in [4.78, 5) is 13.9. The van der Waals surface area contributed by atoms with Crippen molar-refractivity contribution >= 4 is 5.91 Å². The Morgan fingerprint density at radius 2 is 2.35 bits per heavy atom. The highest BCUT2D eigenvalue weighted by molar-refractivity contribution is 5.86. The van der Waals surface area contributed by atoms with Crippen LogP contribution in [0.1, 0.15) is 17.7 Å². The molecular formula is C11H16N4O2. The van der Waals surface area contributed by atoms with Crippen LogP contribution in [0.5, 0.6) is 0 Å². The molecule has 17 heavy (non-hydrogen) atoms. The number of aryl methyl sites for hydroxylation is 1. The van der Waals surface area contributed by atoms with Gasteiger partial charge in [-0.2, -0.15) is 5.10 Å². The second-order valence-corrected chi connectivity index (χ2v) is 4.84. The molecule has 0 radical (unpaired) electrons. The van der Waals surface area contributed by atoms with Gasteiger partial charge in [0.25, 0.3) is 5.91 Å². The van der Waals surface area contributed by atoms with Crippen LogP contribution in [0.2, 0.25) is 0 Å². The summed E-state index contributed by atoms with van der Waals surface area (Å²) in [5.74, 6) is -0.162. The molecule has 3 heterocycles. The molecule has 0 spiro atoms. The molecule has 3 N–H and O–H groups in total. The monoisotopic (exact) mass is 236 g/mol. The number of H-pyrrole nitrogens is 1. The molecule has 1 saturated heterocycles. The third-order valence-corrected chi connectivity index (χ3v) is 3.54. The molecule has 0 bridgehead atoms. The van der Waals surface area contributed by atoms with Crippen LogP contribution in [0, 0.1) is 0 Å². The zero-order valence-electron chi connectivity index (χ0n) is 9.57. The number of aromatic nitrogens is 2. The van der Waals surface area contributed by atoms with Crippen LogP contribution in [0.3, 0.4) is 0 Å². The average molecular weight is 236 g/mol. The molecule has 0 aromatic carbocycles. The molecule has 6 heteroatoms. The van der Waals surface area contributed by atoms with E-state index in [1.807, 2.05) is 0 Å². The van der Waals surface area contributed by atoms with E-state index < -0.39 is 5.60 Å². The first kappa shape index (κ1) is 10.7. The quantitative estimate of drug-likeness (QED) is 0.585. The van der Waals surface area contributed by atoms with E-state index >= 15 is 0 Å². The van der Waals surface area contributed by atoms with Crippen LogP contribution in [0.15, 0.2) is 6.20 Å². The van der Waals surface area contributed by atoms with Crippen LogP contribution in [-0.4, -0.2) is 51.3 Å². The van der Waals surface area contributed by atoms with E-state index in [9.17, 15) is 9.90 Å². The Hall–Kier alpha value is -1.40. The summed E-state index contributed by atoms with van der Waals surface area (Å²) < 4.78 is 0. The highest BCUT2D eigenvalue weighted by atomic mass is 16.3. The Balaban J connectivity index is 1.78. The minimum Gasteiger partial charge on any atom is -0.377 e. The van der Waals surface area contributed by atoms with Crippen molar-refractivity contribution in [2.75, 3.05) is 19.6 Å². The number of nitrogens with zero attached hydrogens (tertiary/aromatic N) is 2. The number of β-amino-alcohol motifs (C(OH)–C–C–N with tert-alkyl or cyclic N) is 1. The molecule has 0 aliphatic carbocycles. The Labute approximate surface area is 99.0 Å². The van der Waals surface area contributed by atoms with Gasteiger partial charge in [-0.05, 0) is 12.8 Å². The number of aliphatic hydroxyl groups is 1. The normalized spacial score (nSPS) is 22.5. The van der Waals surface area contributed by atoms with Crippen LogP contribution in [0.4, 0.5) is 0 Å². The lowest BCUT2D eigenvalue weighted by Gasteiger charge is -2.39. The maximum Gasteiger partial charge on any atom is 0.257 e. The molecule has 1 aromatic heterocycles. The van der Waals surface area contributed by atoms with Gasteiger partial charge in [-0.15, -0.1) is 0 Å². The van der Waals surface area contributed by atoms with Crippen LogP contribution < -0.4 is 5.32 Å². The number of nitrogens with one attached hydrogen (secondary N) is 2. The van der Waals surface area contributed by atoms with Crippen molar-refractivity contribution in [1.82, 2.24) is 20.4 Å². The van der Waals surface area contributed by atoms with Gasteiger partial charge in [-0.25, -0.2) is 0 Å². The van der Waals surface area contributed by atoms with E-state index in [1.165, 1.54) is 0 Å². The number of carbonyl (C=O) groups is 1. The van der Waals surface area contributed by atoms with Crippen LogP contribution in [0.25, 0.3) is 0 Å². The Kier molecular flexibility index (Phi) is 2.41. The molecule has 3 rings (SSSR count). The topological polar surface area (TPSA) is 81.2 Å². The second kappa shape index (κ2) is 3.82. The standard InChI is InChI=1S/C11H16N4O2/c16-10(11(17)6-12-7-11)15-3-1-2-9-8(5-15)4-13-14-9/h4,12,17H,1-3,5-7H2,(H,13,14). The number of amides is 1. The summed E-state index contributed by atoms with van der Waals surface area (Å²) in [5, 5.41) is 19.9. The molecule has 1 aromatic rings. The lowest BCUT2D eigenvalue weighted by Crippen LogP contribution is -2.67. The maximum atomic E-state index is 12.2. The molecule has 0 unspecified atom stereocenters. The van der Waals surface area contributed by atoms with E-state index in [0.29, 0.717) is 26.2 Å². The molecule has 1 amide bonds. The number of carbonyl (C=O) groups excluding carboxylic acids is 1. The third-order valence-electron chi connectivity index (χ3n) is 3.54. The van der Waals surface area contributed by atoms with Crippen molar-refractivity contribution in [1.29, 1.82) is 0 Å². The van der Waals surface area contributed by atoms with Crippen molar-refractivity contribution in [3.8, 4) is 0 Å². The fourth-order valence-corrected chi connectivity index (χ4v) is 2.40. The van der Waals surface area contributed by atoms with Crippen molar-refractivity contribution < 1.29 is 9.90 Å². The van der Waals surface area contributed by atoms with Gasteiger partial charge in [-0.3, -0.25) is 9.89 Å². The van der Waals surface area contributed by atoms with Crippen molar-refractivity contribution in [2.45, 2.75) is 25.0 Å². The smallest absolute Gasteiger partial charge is 0.257 e. The number of fused-ring (bicyclic) bond motifs is 1. The summed E-state index contributed by atoms with van der Waals surface area (Å²) >= 11 is 0. The van der Waals surface area contributed by atoms with E-state index in [0.717, 1.165) is 24.1 Å². The zero-order chi connectivity index (χ0) is 11.9. The van der Waals surface area contributed by atoms with Crippen molar-refractivity contribution in [3.05, 3.63) is 17.5 Å². The van der Waals surface area contributed by atoms with E-state index in [-0.39, 0.29) is 5.91 Å². The largest absolute Gasteiger partial charge is 0.377 e. The van der Waals surface area contributed by atoms with Crippen LogP contribution >= 0.6 is 0 Å². The second-order valence-electron chi connectivity index (χ2n) is 4.84. The fourth-order valence-electron chi connectivity index (χ4n) is 2.40. The first-order valence-electron chi connectivity index (χ1n) is 5.93. The molecule has 0 saturated carbocycles. The molecule has 1 fully saturated rings. The number of rotatable bonds is 1. The fraction of sp³-hybridized carbons (Fsp3) is 0.636. The average Bonchev–Trinajstić information content (AvgIpc) is 2.62. The molecule has 0 atom stereocenters. The zero-order valence-corrected chi connectivity index (χ0v) is 9.57. The lowest BCUT2D eigenvalue weighted by molar-refractivity contribution is -0.157. The third kappa shape index (κ3) is 1.73. The van der Waals surface area contributed by atoms with Gasteiger partial charge in [0.15, 0.2) is 5.60 Å². The first-order chi connectivity index (χ1) is 8.19. The summed E-state index contributed by atoms with van der Waals surface area (Å²) in [6, 6.07) is 0. The Morgan fingerprint density at radius 3 is 3.06 bits per heavy atom. The summed E-state index contributed by atoms with van der Waals surface area (Å²) in [6.45, 7) is 1.97. The summed E-state index contributed by atoms with van der Waals surface area (Å²) in [6.07, 6.45) is 3.59. The minimum atomic E-state index is -1.19. The highest BCUT2D eigenvalue weighted by Crippen LogP contribution is 2.21. The molecule has 6 nitrogen and oxygen atoms in total. The lowest BCUT2D eigenvalue weighted by atomic mass is 9.95. The highest BCUT2D eigenvalue weighted by Gasteiger charge is 2.44. The van der Waals surface area contributed by atoms with Crippen molar-refractivity contribution in [3.63, 3.8) is 0 Å². The van der Waals surface area contributed by atoms with E-state index in [1.54, 1.807) is 11.1 Å². The summed E-state index contributed by atoms with van der Waals surface area (Å²) in [5.41, 5.74) is 0.986. The number of hydrogen-bond donors (Lipinski definition) is 3. The molecular weight excluding hydrogens is 220 g/mol. The van der Waals surface area contributed by atoms with E-state index in [4.69, 9.17) is 0 Å². The maximum absolute atomic E-state index is 12.2. The predicted octanol–water partition coefficient (Wildman–Crippen LogP) is -0.981. The van der Waals surface area contributed by atoms with Gasteiger partial charge in [0.2, 0.25) is 0 Å². The molecule has 2 aliphatic heterocycles. The SMILES string of the molecule is O=C(N1CCCc2[nH]ncc2C1)C1(O)CNC1. The van der Waals surface area contributed by atoms with Gasteiger partial charge in [-0.1, -0.05) is 0 Å². The Morgan fingerprint density at radius 1 is 1.53 bits per heavy atom. The number of aromatic amines is 1. The minimum absolute atomic E-state index is 0.162. The van der Waals surface area contributed by atoms with Crippen molar-refractivity contribution in [2.24, 2.45) is 0 Å². The van der Waals surface area contributed by atoms with Gasteiger partial charge in [0.05, 0.1) is 6.20 Å². The summed E-state index contributed by atoms with van der Waals surface area (Å²) in [7, 11) is 0. The van der Waals surface area contributed by atoms with Gasteiger partial charge < -0.3 is 15.3 Å². The van der Waals surface area contributed by atoms with Crippen LogP contribution in [-0.2, 0) is 17.8 Å². The molecule has 92 valence electrons. The number of hydrogen-bond acceptors (Lipinski definition) is 4. The first-order valence-corrected chi connectivity index (χ1v) is 5.93. The van der Waals surface area contributed by atoms with Gasteiger partial charge in [0.1, 0.15) is 0 Å². The van der Waals surface area contributed by atoms with Gasteiger partial charge in [0, 0.05) is 37.4 Å².